The number of rotatable bonds is 7. The number of aromatic hydroxyl groups is 1. The Bertz CT molecular complexity index is 1370. The van der Waals surface area contributed by atoms with Crippen LogP contribution in [0.3, 0.4) is 0 Å². The van der Waals surface area contributed by atoms with Crippen molar-refractivity contribution in [1.29, 1.82) is 0 Å². The van der Waals surface area contributed by atoms with Crippen molar-refractivity contribution < 1.29 is 9.90 Å². The van der Waals surface area contributed by atoms with Gasteiger partial charge in [-0.05, 0) is 135 Å². The molecule has 0 radical (unpaired) electrons. The SMILES string of the molecule is O=C[C@@H]1CCCC[C@H]1CN1CCC(N2CCC(c3ccc([C@@H]4c5ccc(O)cc5CC[C@@H]4c4ccccc4)cc3)CC2)CC1. The number of phenolic OH excluding ortho intramolecular Hbond substituents is 1. The maximum atomic E-state index is 11.6. The van der Waals surface area contributed by atoms with Crippen LogP contribution in [0.1, 0.15) is 103 Å². The molecule has 4 nitrogen and oxygen atoms in total. The largest absolute Gasteiger partial charge is 0.508 e. The highest BCUT2D eigenvalue weighted by Gasteiger charge is 2.34. The van der Waals surface area contributed by atoms with Crippen LogP contribution in [0.2, 0.25) is 0 Å². The number of piperidine rings is 2. The third kappa shape index (κ3) is 6.39. The number of aldehydes is 1. The Morgan fingerprint density at radius 2 is 1.45 bits per heavy atom. The van der Waals surface area contributed by atoms with E-state index in [0.717, 1.165) is 31.8 Å². The summed E-state index contributed by atoms with van der Waals surface area (Å²) in [5, 5.41) is 10.2. The quantitative estimate of drug-likeness (QED) is 0.284. The number of carbonyl (C=O) groups excluding carboxylic acids is 1. The molecule has 0 spiro atoms. The van der Waals surface area contributed by atoms with Crippen LogP contribution in [-0.2, 0) is 11.2 Å². The highest BCUT2D eigenvalue weighted by molar-refractivity contribution is 5.54. The lowest BCUT2D eigenvalue weighted by atomic mass is 9.69. The summed E-state index contributed by atoms with van der Waals surface area (Å²) in [4.78, 5) is 17.0. The van der Waals surface area contributed by atoms with E-state index in [9.17, 15) is 9.90 Å². The first-order valence-electron chi connectivity index (χ1n) is 17.5. The number of fused-ring (bicyclic) bond motifs is 1. The first kappa shape index (κ1) is 29.7. The Morgan fingerprint density at radius 3 is 2.20 bits per heavy atom. The fourth-order valence-electron chi connectivity index (χ4n) is 9.29. The van der Waals surface area contributed by atoms with Gasteiger partial charge in [0.1, 0.15) is 12.0 Å². The number of phenols is 1. The second kappa shape index (κ2) is 13.6. The molecule has 4 heteroatoms. The summed E-state index contributed by atoms with van der Waals surface area (Å²) in [6.07, 6.45) is 13.3. The van der Waals surface area contributed by atoms with Gasteiger partial charge in [-0.25, -0.2) is 0 Å². The van der Waals surface area contributed by atoms with Crippen molar-refractivity contribution in [2.24, 2.45) is 11.8 Å². The summed E-state index contributed by atoms with van der Waals surface area (Å²) in [5.74, 6) is 2.67. The van der Waals surface area contributed by atoms with E-state index in [0.29, 0.717) is 35.3 Å². The highest BCUT2D eigenvalue weighted by atomic mass is 16.3. The summed E-state index contributed by atoms with van der Waals surface area (Å²) < 4.78 is 0. The van der Waals surface area contributed by atoms with Crippen LogP contribution in [0.25, 0.3) is 0 Å². The van der Waals surface area contributed by atoms with Crippen molar-refractivity contribution in [3.63, 3.8) is 0 Å². The third-order valence-electron chi connectivity index (χ3n) is 11.8. The predicted octanol–water partition coefficient (Wildman–Crippen LogP) is 7.90. The third-order valence-corrected chi connectivity index (χ3v) is 11.8. The molecule has 2 saturated heterocycles. The lowest BCUT2D eigenvalue weighted by Crippen LogP contribution is -2.48. The Kier molecular flexibility index (Phi) is 9.18. The van der Waals surface area contributed by atoms with Gasteiger partial charge in [0.05, 0.1) is 0 Å². The number of hydrogen-bond acceptors (Lipinski definition) is 4. The molecule has 44 heavy (non-hydrogen) atoms. The molecule has 2 aliphatic heterocycles. The maximum Gasteiger partial charge on any atom is 0.123 e. The number of carbonyl (C=O) groups is 1. The molecule has 4 atom stereocenters. The van der Waals surface area contributed by atoms with Crippen molar-refractivity contribution in [3.8, 4) is 5.75 Å². The van der Waals surface area contributed by atoms with Crippen LogP contribution in [0.5, 0.6) is 5.75 Å². The molecule has 1 saturated carbocycles. The fraction of sp³-hybridized carbons (Fsp3) is 0.525. The zero-order valence-corrected chi connectivity index (χ0v) is 26.3. The summed E-state index contributed by atoms with van der Waals surface area (Å²) in [5.41, 5.74) is 6.98. The Labute approximate surface area is 264 Å². The van der Waals surface area contributed by atoms with Gasteiger partial charge in [0.2, 0.25) is 0 Å². The number of likely N-dealkylation sites (tertiary alicyclic amines) is 2. The zero-order valence-electron chi connectivity index (χ0n) is 26.3. The molecule has 3 aromatic rings. The van der Waals surface area contributed by atoms with E-state index < -0.39 is 0 Å². The smallest absolute Gasteiger partial charge is 0.123 e. The summed E-state index contributed by atoms with van der Waals surface area (Å²) >= 11 is 0. The number of nitrogens with zero attached hydrogens (tertiary/aromatic N) is 2. The van der Waals surface area contributed by atoms with Crippen molar-refractivity contribution in [3.05, 3.63) is 101 Å². The molecule has 4 aliphatic rings. The average Bonchev–Trinajstić information content (AvgIpc) is 3.09. The number of benzene rings is 3. The molecular formula is C40H50N2O2. The van der Waals surface area contributed by atoms with Gasteiger partial charge in [-0.2, -0.15) is 0 Å². The first-order chi connectivity index (χ1) is 21.7. The molecule has 232 valence electrons. The van der Waals surface area contributed by atoms with Crippen LogP contribution in [0.4, 0.5) is 0 Å². The minimum Gasteiger partial charge on any atom is -0.508 e. The molecule has 0 aromatic heterocycles. The second-order valence-electron chi connectivity index (χ2n) is 14.3. The van der Waals surface area contributed by atoms with Gasteiger partial charge in [0, 0.05) is 24.4 Å². The maximum absolute atomic E-state index is 11.6. The first-order valence-corrected chi connectivity index (χ1v) is 17.5. The van der Waals surface area contributed by atoms with Gasteiger partial charge < -0.3 is 19.7 Å². The Morgan fingerprint density at radius 1 is 0.727 bits per heavy atom. The molecule has 1 N–H and O–H groups in total. The molecule has 2 heterocycles. The second-order valence-corrected chi connectivity index (χ2v) is 14.3. The molecule has 7 rings (SSSR count). The summed E-state index contributed by atoms with van der Waals surface area (Å²) in [7, 11) is 0. The van der Waals surface area contributed by atoms with Crippen molar-refractivity contribution in [1.82, 2.24) is 9.80 Å². The van der Waals surface area contributed by atoms with E-state index in [2.05, 4.69) is 70.5 Å². The van der Waals surface area contributed by atoms with E-state index >= 15 is 0 Å². The molecule has 0 amide bonds. The highest BCUT2D eigenvalue weighted by Crippen LogP contribution is 2.47. The van der Waals surface area contributed by atoms with E-state index in [-0.39, 0.29) is 0 Å². The predicted molar refractivity (Wildman–Crippen MR) is 178 cm³/mol. The van der Waals surface area contributed by atoms with Gasteiger partial charge in [0.25, 0.3) is 0 Å². The van der Waals surface area contributed by atoms with Gasteiger partial charge in [-0.15, -0.1) is 0 Å². The van der Waals surface area contributed by atoms with Gasteiger partial charge in [-0.1, -0.05) is 73.5 Å². The van der Waals surface area contributed by atoms with E-state index in [4.69, 9.17) is 0 Å². The van der Waals surface area contributed by atoms with E-state index in [1.165, 1.54) is 105 Å². The molecular weight excluding hydrogens is 540 g/mol. The van der Waals surface area contributed by atoms with Crippen molar-refractivity contribution in [2.45, 2.75) is 88.0 Å². The van der Waals surface area contributed by atoms with Crippen LogP contribution in [0.15, 0.2) is 72.8 Å². The zero-order chi connectivity index (χ0) is 29.9. The molecule has 0 bridgehead atoms. The Hall–Kier alpha value is -2.95. The van der Waals surface area contributed by atoms with Crippen LogP contribution in [0, 0.1) is 11.8 Å². The van der Waals surface area contributed by atoms with Crippen LogP contribution < -0.4 is 0 Å². The number of aryl methyl sites for hydroxylation is 1. The standard InChI is InChI=1S/C40H50N2O2/c43-28-35-9-5-4-8-34(35)27-41-22-20-36(21-23-41)42-24-18-30(19-25-42)29-10-12-32(13-11-29)40-38(31-6-2-1-3-7-31)16-14-33-26-37(44)15-17-39(33)40/h1-3,6-7,10-13,15,17,26,28,30,34-36,38,40,44H,4-5,8-9,14,16,18-25,27H2/t34-,35-,38+,40-/m0/s1. The fourth-order valence-corrected chi connectivity index (χ4v) is 9.29. The van der Waals surface area contributed by atoms with E-state index in [1.54, 1.807) is 0 Å². The lowest BCUT2D eigenvalue weighted by Gasteiger charge is -2.43. The molecule has 3 aromatic carbocycles. The van der Waals surface area contributed by atoms with Crippen LogP contribution in [-0.4, -0.2) is 60.0 Å². The van der Waals surface area contributed by atoms with Crippen molar-refractivity contribution >= 4 is 6.29 Å². The van der Waals surface area contributed by atoms with E-state index in [1.807, 2.05) is 12.1 Å². The normalized spacial score (nSPS) is 27.5. The van der Waals surface area contributed by atoms with Gasteiger partial charge >= 0.3 is 0 Å². The molecule has 2 aliphatic carbocycles. The Balaban J connectivity index is 0.966. The minimum absolute atomic E-state index is 0.299. The summed E-state index contributed by atoms with van der Waals surface area (Å²) in [6.45, 7) is 5.95. The topological polar surface area (TPSA) is 43.8 Å². The lowest BCUT2D eigenvalue weighted by molar-refractivity contribution is -0.113. The average molecular weight is 591 g/mol. The summed E-state index contributed by atoms with van der Waals surface area (Å²) in [6, 6.07) is 27.4. The minimum atomic E-state index is 0.299. The van der Waals surface area contributed by atoms with Crippen molar-refractivity contribution in [2.75, 3.05) is 32.7 Å². The van der Waals surface area contributed by atoms with Crippen LogP contribution >= 0.6 is 0 Å². The number of hydrogen-bond donors (Lipinski definition) is 1. The van der Waals surface area contributed by atoms with Gasteiger partial charge in [-0.3, -0.25) is 0 Å². The molecule has 0 unspecified atom stereocenters. The molecule has 3 fully saturated rings. The monoisotopic (exact) mass is 590 g/mol. The van der Waals surface area contributed by atoms with Gasteiger partial charge in [0.15, 0.2) is 0 Å².